The van der Waals surface area contributed by atoms with Crippen molar-refractivity contribution in [1.29, 1.82) is 0 Å². The Labute approximate surface area is 124 Å². The van der Waals surface area contributed by atoms with E-state index in [1.165, 1.54) is 11.2 Å². The molecule has 7 heteroatoms. The summed E-state index contributed by atoms with van der Waals surface area (Å²) in [5.74, 6) is -0.143. The molecule has 0 aromatic heterocycles. The van der Waals surface area contributed by atoms with Crippen molar-refractivity contribution in [2.45, 2.75) is 13.0 Å². The molecule has 0 bridgehead atoms. The van der Waals surface area contributed by atoms with Crippen molar-refractivity contribution in [3.8, 4) is 0 Å². The van der Waals surface area contributed by atoms with Gasteiger partial charge in [0.25, 0.3) is 5.91 Å². The molecule has 0 saturated heterocycles. The van der Waals surface area contributed by atoms with Crippen LogP contribution in [0.15, 0.2) is 18.2 Å². The molecule has 0 saturated carbocycles. The van der Waals surface area contributed by atoms with Gasteiger partial charge in [-0.15, -0.1) is 0 Å². The van der Waals surface area contributed by atoms with Crippen LogP contribution in [0.2, 0.25) is 5.02 Å². The first-order valence-electron chi connectivity index (χ1n) is 6.05. The van der Waals surface area contributed by atoms with Crippen LogP contribution in [0, 0.1) is 0 Å². The first-order valence-corrected chi connectivity index (χ1v) is 8.49. The SMILES string of the molecule is CC(CS(C)(=O)=O)Nc1cc(C(=O)N(C)C)ccc1Cl. The fourth-order valence-electron chi connectivity index (χ4n) is 1.79. The number of amides is 1. The third-order valence-corrected chi connectivity index (χ3v) is 4.01. The van der Waals surface area contributed by atoms with Crippen LogP contribution in [0.25, 0.3) is 0 Å². The van der Waals surface area contributed by atoms with Crippen molar-refractivity contribution >= 4 is 33.0 Å². The lowest BCUT2D eigenvalue weighted by molar-refractivity contribution is 0.0827. The summed E-state index contributed by atoms with van der Waals surface area (Å²) in [5.41, 5.74) is 1.05. The van der Waals surface area contributed by atoms with E-state index >= 15 is 0 Å². The van der Waals surface area contributed by atoms with Gasteiger partial charge in [-0.1, -0.05) is 11.6 Å². The van der Waals surface area contributed by atoms with E-state index in [4.69, 9.17) is 11.6 Å². The summed E-state index contributed by atoms with van der Waals surface area (Å²) in [4.78, 5) is 13.3. The van der Waals surface area contributed by atoms with E-state index in [9.17, 15) is 13.2 Å². The second-order valence-electron chi connectivity index (χ2n) is 5.03. The monoisotopic (exact) mass is 318 g/mol. The minimum Gasteiger partial charge on any atom is -0.380 e. The van der Waals surface area contributed by atoms with Gasteiger partial charge in [-0.05, 0) is 25.1 Å². The van der Waals surface area contributed by atoms with Crippen LogP contribution < -0.4 is 5.32 Å². The maximum absolute atomic E-state index is 11.9. The fourth-order valence-corrected chi connectivity index (χ4v) is 2.95. The maximum Gasteiger partial charge on any atom is 0.253 e. The van der Waals surface area contributed by atoms with E-state index in [1.54, 1.807) is 39.2 Å². The predicted molar refractivity (Wildman–Crippen MR) is 82.3 cm³/mol. The van der Waals surface area contributed by atoms with Crippen molar-refractivity contribution in [3.05, 3.63) is 28.8 Å². The van der Waals surface area contributed by atoms with E-state index < -0.39 is 9.84 Å². The normalized spacial score (nSPS) is 12.8. The molecule has 1 aromatic rings. The number of carbonyl (C=O) groups excluding carboxylic acids is 1. The topological polar surface area (TPSA) is 66.5 Å². The van der Waals surface area contributed by atoms with Gasteiger partial charge in [-0.2, -0.15) is 0 Å². The molecule has 0 aliphatic heterocycles. The zero-order valence-electron chi connectivity index (χ0n) is 12.0. The Hall–Kier alpha value is -1.27. The average molecular weight is 319 g/mol. The van der Waals surface area contributed by atoms with Crippen molar-refractivity contribution in [1.82, 2.24) is 4.90 Å². The third-order valence-electron chi connectivity index (χ3n) is 2.57. The smallest absolute Gasteiger partial charge is 0.253 e. The molecule has 1 N–H and O–H groups in total. The van der Waals surface area contributed by atoms with Gasteiger partial charge in [0.1, 0.15) is 9.84 Å². The summed E-state index contributed by atoms with van der Waals surface area (Å²) in [6.45, 7) is 1.75. The van der Waals surface area contributed by atoms with Crippen molar-refractivity contribution in [3.63, 3.8) is 0 Å². The average Bonchev–Trinajstić information content (AvgIpc) is 2.28. The number of hydrogen-bond donors (Lipinski definition) is 1. The summed E-state index contributed by atoms with van der Waals surface area (Å²) in [6.07, 6.45) is 1.18. The number of rotatable bonds is 5. The van der Waals surface area contributed by atoms with E-state index in [0.717, 1.165) is 0 Å². The lowest BCUT2D eigenvalue weighted by Gasteiger charge is -2.17. The molecule has 0 spiro atoms. The second-order valence-corrected chi connectivity index (χ2v) is 7.62. The van der Waals surface area contributed by atoms with Gasteiger partial charge >= 0.3 is 0 Å². The number of nitrogens with zero attached hydrogens (tertiary/aromatic N) is 1. The predicted octanol–water partition coefficient (Wildman–Crippen LogP) is 1.89. The van der Waals surface area contributed by atoms with Crippen LogP contribution >= 0.6 is 11.6 Å². The molecule has 5 nitrogen and oxygen atoms in total. The summed E-state index contributed by atoms with van der Waals surface area (Å²) in [6, 6.07) is 4.58. The largest absolute Gasteiger partial charge is 0.380 e. The zero-order valence-corrected chi connectivity index (χ0v) is 13.5. The number of sulfone groups is 1. The van der Waals surface area contributed by atoms with Crippen molar-refractivity contribution in [2.75, 3.05) is 31.4 Å². The molecule has 1 atom stereocenters. The van der Waals surface area contributed by atoms with Crippen LogP contribution in [0.3, 0.4) is 0 Å². The quantitative estimate of drug-likeness (QED) is 0.900. The highest BCUT2D eigenvalue weighted by Crippen LogP contribution is 2.24. The fraction of sp³-hybridized carbons (Fsp3) is 0.462. The highest BCUT2D eigenvalue weighted by atomic mass is 35.5. The minimum atomic E-state index is -3.08. The highest BCUT2D eigenvalue weighted by molar-refractivity contribution is 7.90. The zero-order chi connectivity index (χ0) is 15.5. The van der Waals surface area contributed by atoms with Gasteiger partial charge in [0.2, 0.25) is 0 Å². The molecule has 0 aliphatic carbocycles. The summed E-state index contributed by atoms with van der Waals surface area (Å²) in [7, 11) is 0.249. The summed E-state index contributed by atoms with van der Waals surface area (Å²) < 4.78 is 22.5. The Morgan fingerprint density at radius 2 is 2.00 bits per heavy atom. The van der Waals surface area contributed by atoms with E-state index in [2.05, 4.69) is 5.32 Å². The number of nitrogens with one attached hydrogen (secondary N) is 1. The van der Waals surface area contributed by atoms with Gasteiger partial charge in [0.05, 0.1) is 16.5 Å². The highest BCUT2D eigenvalue weighted by Gasteiger charge is 2.14. The summed E-state index contributed by atoms with van der Waals surface area (Å²) in [5, 5.41) is 3.46. The Morgan fingerprint density at radius 1 is 1.40 bits per heavy atom. The summed E-state index contributed by atoms with van der Waals surface area (Å²) >= 11 is 6.06. The third kappa shape index (κ3) is 5.02. The van der Waals surface area contributed by atoms with Crippen LogP contribution in [-0.4, -0.2) is 51.4 Å². The Balaban J connectivity index is 2.95. The van der Waals surface area contributed by atoms with Gasteiger partial charge in [0, 0.05) is 32.0 Å². The molecular weight excluding hydrogens is 300 g/mol. The maximum atomic E-state index is 11.9. The standard InChI is InChI=1S/C13H19ClN2O3S/c1-9(8-20(4,18)19)15-12-7-10(5-6-11(12)14)13(17)16(2)3/h5-7,9,15H,8H2,1-4H3. The van der Waals surface area contributed by atoms with Gasteiger partial charge in [0.15, 0.2) is 0 Å². The number of hydrogen-bond acceptors (Lipinski definition) is 4. The van der Waals surface area contributed by atoms with Gasteiger partial charge in [-0.25, -0.2) is 8.42 Å². The van der Waals surface area contributed by atoms with Crippen LogP contribution in [0.1, 0.15) is 17.3 Å². The number of benzene rings is 1. The molecule has 1 rings (SSSR count). The van der Waals surface area contributed by atoms with Crippen molar-refractivity contribution in [2.24, 2.45) is 0 Å². The molecule has 112 valence electrons. The molecule has 1 amide bonds. The molecule has 0 radical (unpaired) electrons. The Morgan fingerprint density at radius 3 is 2.50 bits per heavy atom. The molecule has 0 fully saturated rings. The molecule has 20 heavy (non-hydrogen) atoms. The molecule has 0 heterocycles. The second kappa shape index (κ2) is 6.45. The number of carbonyl (C=O) groups is 1. The Bertz CT molecular complexity index is 600. The minimum absolute atomic E-state index is 0.00478. The van der Waals surface area contributed by atoms with Crippen LogP contribution in [0.4, 0.5) is 5.69 Å². The van der Waals surface area contributed by atoms with E-state index in [0.29, 0.717) is 16.3 Å². The molecule has 0 aliphatic rings. The lowest BCUT2D eigenvalue weighted by atomic mass is 10.1. The molecule has 1 aromatic carbocycles. The first kappa shape index (κ1) is 16.8. The Kier molecular flexibility index (Phi) is 5.42. The number of halogens is 1. The molecular formula is C13H19ClN2O3S. The first-order chi connectivity index (χ1) is 9.10. The van der Waals surface area contributed by atoms with Crippen LogP contribution in [-0.2, 0) is 9.84 Å². The van der Waals surface area contributed by atoms with Gasteiger partial charge < -0.3 is 10.2 Å². The van der Waals surface area contributed by atoms with E-state index in [1.807, 2.05) is 0 Å². The molecule has 1 unspecified atom stereocenters. The van der Waals surface area contributed by atoms with Crippen LogP contribution in [0.5, 0.6) is 0 Å². The van der Waals surface area contributed by atoms with Gasteiger partial charge in [-0.3, -0.25) is 4.79 Å². The van der Waals surface area contributed by atoms with Crippen molar-refractivity contribution < 1.29 is 13.2 Å². The van der Waals surface area contributed by atoms with E-state index in [-0.39, 0.29) is 17.7 Å². The number of anilines is 1. The lowest BCUT2D eigenvalue weighted by Crippen LogP contribution is -2.26.